The molecule has 0 bridgehead atoms. The molecule has 35 heavy (non-hydrogen) atoms. The summed E-state index contributed by atoms with van der Waals surface area (Å²) in [6.45, 7) is -0.0124. The first-order valence-corrected chi connectivity index (χ1v) is 10.8. The summed E-state index contributed by atoms with van der Waals surface area (Å²) in [5.74, 6) is 0.770. The Morgan fingerprint density at radius 1 is 0.971 bits per heavy atom. The van der Waals surface area contributed by atoms with E-state index in [9.17, 15) is 9.90 Å². The molecule has 0 radical (unpaired) electrons. The molecule has 3 aromatic heterocycles. The fraction of sp³-hybridized carbons (Fsp3) is 0.0400. The molecule has 6 aromatic rings. The van der Waals surface area contributed by atoms with Gasteiger partial charge in [-0.3, -0.25) is 4.79 Å². The highest BCUT2D eigenvalue weighted by Gasteiger charge is 2.19. The van der Waals surface area contributed by atoms with Crippen molar-refractivity contribution in [2.75, 3.05) is 0 Å². The summed E-state index contributed by atoms with van der Waals surface area (Å²) < 4.78 is 3.41. The van der Waals surface area contributed by atoms with E-state index < -0.39 is 0 Å². The van der Waals surface area contributed by atoms with E-state index in [1.807, 2.05) is 54.6 Å². The van der Waals surface area contributed by atoms with Crippen LogP contribution in [0.2, 0.25) is 0 Å². The first-order valence-electron chi connectivity index (χ1n) is 10.8. The molecular weight excluding hydrogens is 444 g/mol. The molecule has 0 saturated heterocycles. The van der Waals surface area contributed by atoms with E-state index in [2.05, 4.69) is 20.7 Å². The molecule has 10 nitrogen and oxygen atoms in total. The number of phenols is 1. The number of aromatic nitrogens is 6. The van der Waals surface area contributed by atoms with Gasteiger partial charge in [0.15, 0.2) is 11.5 Å². The van der Waals surface area contributed by atoms with Gasteiger partial charge in [-0.15, -0.1) is 10.2 Å². The number of fused-ring (bicyclic) bond motifs is 4. The number of amides is 1. The van der Waals surface area contributed by atoms with Crippen LogP contribution in [0.25, 0.3) is 39.2 Å². The van der Waals surface area contributed by atoms with Crippen LogP contribution >= 0.6 is 0 Å². The van der Waals surface area contributed by atoms with Crippen molar-refractivity contribution in [1.29, 1.82) is 0 Å². The zero-order chi connectivity index (χ0) is 23.8. The van der Waals surface area contributed by atoms with Crippen LogP contribution in [0.1, 0.15) is 5.56 Å². The highest BCUT2D eigenvalue weighted by atomic mass is 16.3. The Balaban J connectivity index is 1.37. The zero-order valence-electron chi connectivity index (χ0n) is 18.3. The normalized spacial score (nSPS) is 11.7. The molecule has 0 saturated carbocycles. The number of aromatic hydroxyl groups is 1. The molecule has 6 rings (SSSR count). The Hall–Kier alpha value is -5.12. The second-order valence-corrected chi connectivity index (χ2v) is 7.87. The number of para-hydroxylation sites is 1. The van der Waals surface area contributed by atoms with Crippen molar-refractivity contribution in [3.05, 3.63) is 84.4 Å². The lowest BCUT2D eigenvalue weighted by atomic mass is 10.2. The standard InChI is InChI=1S/C25H18N8O2/c34-18-12-10-16(11-13-18)14-26-28-21(35)15-32-20-9-5-4-8-19(20)22-24(32)27-25-30-29-23(33(25)31-22)17-6-2-1-3-7-17/h1-14,34H,15H2,(H,28,35)/b26-14+. The first kappa shape index (κ1) is 20.5. The van der Waals surface area contributed by atoms with Crippen LogP contribution in [-0.4, -0.2) is 46.6 Å². The Morgan fingerprint density at radius 3 is 2.57 bits per heavy atom. The van der Waals surface area contributed by atoms with Crippen LogP contribution < -0.4 is 5.43 Å². The number of hydrogen-bond donors (Lipinski definition) is 2. The van der Waals surface area contributed by atoms with Crippen molar-refractivity contribution in [1.82, 2.24) is 34.8 Å². The molecule has 0 unspecified atom stereocenters. The van der Waals surface area contributed by atoms with Crippen LogP contribution in [0.4, 0.5) is 0 Å². The largest absolute Gasteiger partial charge is 0.508 e. The second kappa shape index (κ2) is 8.34. The number of benzene rings is 3. The topological polar surface area (TPSA) is 123 Å². The van der Waals surface area contributed by atoms with Gasteiger partial charge in [0.1, 0.15) is 17.8 Å². The number of hydrogen-bond acceptors (Lipinski definition) is 7. The van der Waals surface area contributed by atoms with E-state index >= 15 is 0 Å². The lowest BCUT2D eigenvalue weighted by Crippen LogP contribution is -2.23. The number of nitrogens with one attached hydrogen (secondary N) is 1. The van der Waals surface area contributed by atoms with E-state index in [-0.39, 0.29) is 18.2 Å². The molecular formula is C25H18N8O2. The van der Waals surface area contributed by atoms with Gasteiger partial charge >= 0.3 is 0 Å². The Labute approximate surface area is 198 Å². The van der Waals surface area contributed by atoms with Gasteiger partial charge in [0, 0.05) is 10.9 Å². The van der Waals surface area contributed by atoms with E-state index in [0.29, 0.717) is 22.8 Å². The Kier molecular flexibility index (Phi) is 4.88. The van der Waals surface area contributed by atoms with Crippen LogP contribution in [0.15, 0.2) is 84.0 Å². The minimum Gasteiger partial charge on any atom is -0.508 e. The quantitative estimate of drug-likeness (QED) is 0.300. The molecule has 1 amide bonds. The van der Waals surface area contributed by atoms with Gasteiger partial charge in [0.25, 0.3) is 11.7 Å². The van der Waals surface area contributed by atoms with Crippen LogP contribution in [0.5, 0.6) is 5.75 Å². The van der Waals surface area contributed by atoms with Crippen molar-refractivity contribution < 1.29 is 9.90 Å². The average Bonchev–Trinajstić information content (AvgIpc) is 3.44. The highest BCUT2D eigenvalue weighted by molar-refractivity contribution is 6.05. The van der Waals surface area contributed by atoms with Crippen molar-refractivity contribution >= 4 is 40.0 Å². The van der Waals surface area contributed by atoms with Gasteiger partial charge in [0.05, 0.1) is 11.7 Å². The number of rotatable bonds is 5. The fourth-order valence-electron chi connectivity index (χ4n) is 3.96. The summed E-state index contributed by atoms with van der Waals surface area (Å²) >= 11 is 0. The monoisotopic (exact) mass is 462 g/mol. The van der Waals surface area contributed by atoms with Crippen molar-refractivity contribution in [2.45, 2.75) is 6.54 Å². The molecule has 0 aliphatic heterocycles. The highest BCUT2D eigenvalue weighted by Crippen LogP contribution is 2.27. The summed E-state index contributed by atoms with van der Waals surface area (Å²) in [6.07, 6.45) is 1.51. The second-order valence-electron chi connectivity index (χ2n) is 7.87. The van der Waals surface area contributed by atoms with Gasteiger partial charge < -0.3 is 9.67 Å². The van der Waals surface area contributed by atoms with E-state index in [1.165, 1.54) is 6.21 Å². The maximum Gasteiger partial charge on any atom is 0.274 e. The van der Waals surface area contributed by atoms with Crippen molar-refractivity contribution in [2.24, 2.45) is 5.10 Å². The smallest absolute Gasteiger partial charge is 0.274 e. The predicted octanol–water partition coefficient (Wildman–Crippen LogP) is 3.15. The third-order valence-electron chi connectivity index (χ3n) is 5.58. The molecule has 0 atom stereocenters. The number of carbonyl (C=O) groups excluding carboxylic acids is 1. The molecule has 3 aromatic carbocycles. The van der Waals surface area contributed by atoms with Crippen LogP contribution in [0.3, 0.4) is 0 Å². The zero-order valence-corrected chi connectivity index (χ0v) is 18.3. The van der Waals surface area contributed by atoms with E-state index in [0.717, 1.165) is 22.0 Å². The van der Waals surface area contributed by atoms with Crippen molar-refractivity contribution in [3.63, 3.8) is 0 Å². The van der Waals surface area contributed by atoms with E-state index in [4.69, 9.17) is 10.1 Å². The maximum atomic E-state index is 12.7. The third kappa shape index (κ3) is 3.72. The van der Waals surface area contributed by atoms with Gasteiger partial charge in [-0.2, -0.15) is 19.7 Å². The Morgan fingerprint density at radius 2 is 1.74 bits per heavy atom. The number of nitrogens with zero attached hydrogens (tertiary/aromatic N) is 7. The summed E-state index contributed by atoms with van der Waals surface area (Å²) in [6, 6.07) is 23.9. The predicted molar refractivity (Wildman–Crippen MR) is 131 cm³/mol. The van der Waals surface area contributed by atoms with Gasteiger partial charge in [0.2, 0.25) is 0 Å². The molecule has 2 N–H and O–H groups in total. The summed E-state index contributed by atoms with van der Waals surface area (Å²) in [7, 11) is 0. The molecule has 0 spiro atoms. The number of carbonyl (C=O) groups is 1. The SMILES string of the molecule is O=C(Cn1c2ccccc2c2nn3c(-c4ccccc4)nnc3nc21)N/N=C/c1ccc(O)cc1. The third-order valence-corrected chi connectivity index (χ3v) is 5.58. The average molecular weight is 462 g/mol. The number of hydrazone groups is 1. The molecule has 0 aliphatic carbocycles. The Bertz CT molecular complexity index is 1720. The molecule has 3 heterocycles. The molecule has 10 heteroatoms. The van der Waals surface area contributed by atoms with Gasteiger partial charge in [-0.25, -0.2) is 5.43 Å². The number of phenolic OH excluding ortho intramolecular Hbond substituents is 1. The molecule has 0 aliphatic rings. The summed E-state index contributed by atoms with van der Waals surface area (Å²) in [5.41, 5.74) is 6.16. The van der Waals surface area contributed by atoms with Crippen molar-refractivity contribution in [3.8, 4) is 17.1 Å². The van der Waals surface area contributed by atoms with Gasteiger partial charge in [-0.1, -0.05) is 48.5 Å². The molecule has 170 valence electrons. The van der Waals surface area contributed by atoms with Crippen LogP contribution in [0, 0.1) is 0 Å². The maximum absolute atomic E-state index is 12.7. The lowest BCUT2D eigenvalue weighted by Gasteiger charge is -2.05. The lowest BCUT2D eigenvalue weighted by molar-refractivity contribution is -0.121. The van der Waals surface area contributed by atoms with E-state index in [1.54, 1.807) is 33.3 Å². The minimum atomic E-state index is -0.323. The first-order chi connectivity index (χ1) is 17.2. The van der Waals surface area contributed by atoms with Crippen LogP contribution in [-0.2, 0) is 11.3 Å². The minimum absolute atomic E-state index is 0.0124. The molecule has 0 fully saturated rings. The summed E-state index contributed by atoms with van der Waals surface area (Å²) in [5, 5.41) is 27.6. The van der Waals surface area contributed by atoms with Gasteiger partial charge in [-0.05, 0) is 35.9 Å². The fourth-order valence-corrected chi connectivity index (χ4v) is 3.96. The summed E-state index contributed by atoms with van der Waals surface area (Å²) in [4.78, 5) is 17.4.